The number of hydrogen-bond acceptors (Lipinski definition) is 1. The van der Waals surface area contributed by atoms with E-state index in [1.807, 2.05) is 0 Å². The van der Waals surface area contributed by atoms with Gasteiger partial charge in [-0.15, -0.1) is 0 Å². The highest BCUT2D eigenvalue weighted by molar-refractivity contribution is 8.00. The van der Waals surface area contributed by atoms with Crippen molar-refractivity contribution in [3.05, 3.63) is 34.9 Å². The van der Waals surface area contributed by atoms with E-state index >= 15 is 0 Å². The van der Waals surface area contributed by atoms with Crippen molar-refractivity contribution >= 4 is 23.4 Å². The molecule has 0 saturated carbocycles. The predicted molar refractivity (Wildman–Crippen MR) is 52.5 cm³/mol. The maximum absolute atomic E-state index is 11.8. The zero-order valence-corrected chi connectivity index (χ0v) is 8.64. The minimum Gasteiger partial charge on any atom is -0.160 e. The number of thioether (sulfide) groups is 1. The van der Waals surface area contributed by atoms with E-state index in [4.69, 9.17) is 11.6 Å². The van der Waals surface area contributed by atoms with Crippen LogP contribution in [0.15, 0.2) is 18.2 Å². The molecule has 1 radical (unpaired) electrons. The topological polar surface area (TPSA) is 0 Å². The second kappa shape index (κ2) is 4.94. The largest absolute Gasteiger partial charge is 0.441 e. The van der Waals surface area contributed by atoms with Crippen molar-refractivity contribution in [2.24, 2.45) is 0 Å². The second-order valence-corrected chi connectivity index (χ2v) is 4.09. The van der Waals surface area contributed by atoms with Gasteiger partial charge in [-0.3, -0.25) is 0 Å². The summed E-state index contributed by atoms with van der Waals surface area (Å²) in [5, 5.41) is 0.398. The number of alkyl halides is 3. The SMILES string of the molecule is FC(F)(F)SCCc1ccc[c]c1Cl. The molecule has 0 heterocycles. The van der Waals surface area contributed by atoms with Crippen LogP contribution < -0.4 is 0 Å². The Kier molecular flexibility index (Phi) is 4.13. The number of aryl methyl sites for hydroxylation is 1. The standard InChI is InChI=1S/C9H7ClF3S/c10-8-4-2-1-3-7(8)5-6-14-9(11,12)13/h1-3H,5-6H2. The highest BCUT2D eigenvalue weighted by atomic mass is 35.5. The van der Waals surface area contributed by atoms with Gasteiger partial charge in [-0.1, -0.05) is 41.6 Å². The summed E-state index contributed by atoms with van der Waals surface area (Å²) < 4.78 is 35.3. The molecule has 77 valence electrons. The maximum Gasteiger partial charge on any atom is 0.441 e. The molecule has 0 nitrogen and oxygen atoms in total. The van der Waals surface area contributed by atoms with E-state index < -0.39 is 5.51 Å². The van der Waals surface area contributed by atoms with Crippen LogP contribution in [0.25, 0.3) is 0 Å². The molecule has 0 saturated heterocycles. The fourth-order valence-electron chi connectivity index (χ4n) is 0.921. The zero-order valence-electron chi connectivity index (χ0n) is 7.07. The third-order valence-electron chi connectivity index (χ3n) is 1.52. The lowest BCUT2D eigenvalue weighted by Crippen LogP contribution is -2.03. The Bertz CT molecular complexity index is 298. The Morgan fingerprint density at radius 1 is 1.43 bits per heavy atom. The molecular formula is C9H7ClF3S. The molecular weight excluding hydrogens is 233 g/mol. The van der Waals surface area contributed by atoms with Gasteiger partial charge in [-0.2, -0.15) is 13.2 Å². The molecule has 0 spiro atoms. The van der Waals surface area contributed by atoms with Crippen LogP contribution >= 0.6 is 23.4 Å². The monoisotopic (exact) mass is 239 g/mol. The predicted octanol–water partition coefficient (Wildman–Crippen LogP) is 3.94. The average molecular weight is 240 g/mol. The number of hydrogen-bond donors (Lipinski definition) is 0. The molecule has 0 aliphatic rings. The van der Waals surface area contributed by atoms with Crippen molar-refractivity contribution in [3.8, 4) is 0 Å². The molecule has 0 bridgehead atoms. The van der Waals surface area contributed by atoms with E-state index in [1.54, 1.807) is 18.2 Å². The molecule has 0 N–H and O–H groups in total. The maximum atomic E-state index is 11.8. The summed E-state index contributed by atoms with van der Waals surface area (Å²) in [5.74, 6) is -0.0128. The lowest BCUT2D eigenvalue weighted by Gasteiger charge is -2.06. The summed E-state index contributed by atoms with van der Waals surface area (Å²) >= 11 is 5.69. The first-order valence-electron chi connectivity index (χ1n) is 3.85. The van der Waals surface area contributed by atoms with Gasteiger partial charge in [0.05, 0.1) is 5.02 Å². The van der Waals surface area contributed by atoms with Gasteiger partial charge in [0, 0.05) is 11.8 Å². The van der Waals surface area contributed by atoms with Crippen LogP contribution in [0.2, 0.25) is 5.02 Å². The lowest BCUT2D eigenvalue weighted by atomic mass is 10.2. The molecule has 1 rings (SSSR count). The molecule has 1 aromatic carbocycles. The van der Waals surface area contributed by atoms with Crippen molar-refractivity contribution < 1.29 is 13.2 Å². The van der Waals surface area contributed by atoms with Gasteiger partial charge in [-0.05, 0) is 12.0 Å². The van der Waals surface area contributed by atoms with Crippen molar-refractivity contribution in [1.29, 1.82) is 0 Å². The Morgan fingerprint density at radius 2 is 2.14 bits per heavy atom. The fraction of sp³-hybridized carbons (Fsp3) is 0.333. The van der Waals surface area contributed by atoms with Crippen LogP contribution in [0.5, 0.6) is 0 Å². The van der Waals surface area contributed by atoms with E-state index in [-0.39, 0.29) is 17.5 Å². The smallest absolute Gasteiger partial charge is 0.160 e. The molecule has 0 aliphatic carbocycles. The van der Waals surface area contributed by atoms with Gasteiger partial charge in [0.1, 0.15) is 0 Å². The van der Waals surface area contributed by atoms with Crippen molar-refractivity contribution in [2.45, 2.75) is 11.9 Å². The molecule has 14 heavy (non-hydrogen) atoms. The van der Waals surface area contributed by atoms with Crippen LogP contribution in [0, 0.1) is 6.07 Å². The number of rotatable bonds is 3. The normalized spacial score (nSPS) is 11.7. The van der Waals surface area contributed by atoms with Crippen LogP contribution in [-0.2, 0) is 6.42 Å². The third kappa shape index (κ3) is 4.24. The van der Waals surface area contributed by atoms with Gasteiger partial charge in [0.25, 0.3) is 0 Å². The average Bonchev–Trinajstić information content (AvgIpc) is 2.06. The zero-order chi connectivity index (χ0) is 10.6. The van der Waals surface area contributed by atoms with E-state index in [1.165, 1.54) is 0 Å². The first-order chi connectivity index (χ1) is 6.49. The number of benzene rings is 1. The van der Waals surface area contributed by atoms with Crippen LogP contribution in [0.1, 0.15) is 5.56 Å². The summed E-state index contributed by atoms with van der Waals surface area (Å²) in [6, 6.07) is 7.76. The number of halogens is 4. The van der Waals surface area contributed by atoms with Gasteiger partial charge in [0.15, 0.2) is 0 Å². The lowest BCUT2D eigenvalue weighted by molar-refractivity contribution is -0.0327. The van der Waals surface area contributed by atoms with Crippen LogP contribution in [-0.4, -0.2) is 11.3 Å². The quantitative estimate of drug-likeness (QED) is 0.770. The van der Waals surface area contributed by atoms with Crippen molar-refractivity contribution in [3.63, 3.8) is 0 Å². The van der Waals surface area contributed by atoms with Crippen molar-refractivity contribution in [2.75, 3.05) is 5.75 Å². The van der Waals surface area contributed by atoms with E-state index in [9.17, 15) is 13.2 Å². The van der Waals surface area contributed by atoms with E-state index in [0.717, 1.165) is 0 Å². The Morgan fingerprint density at radius 3 is 2.71 bits per heavy atom. The van der Waals surface area contributed by atoms with Gasteiger partial charge < -0.3 is 0 Å². The molecule has 0 amide bonds. The Balaban J connectivity index is 2.43. The summed E-state index contributed by atoms with van der Waals surface area (Å²) in [5.41, 5.74) is -3.46. The molecule has 0 fully saturated rings. The first-order valence-corrected chi connectivity index (χ1v) is 5.21. The third-order valence-corrected chi connectivity index (χ3v) is 2.61. The second-order valence-electron chi connectivity index (χ2n) is 2.55. The highest BCUT2D eigenvalue weighted by Crippen LogP contribution is 2.31. The summed E-state index contributed by atoms with van der Waals surface area (Å²) in [4.78, 5) is 0. The molecule has 0 aliphatic heterocycles. The van der Waals surface area contributed by atoms with E-state index in [0.29, 0.717) is 17.0 Å². The minimum absolute atomic E-state index is 0.0128. The molecule has 1 aromatic rings. The fourth-order valence-corrected chi connectivity index (χ4v) is 1.70. The molecule has 0 unspecified atom stereocenters. The molecule has 5 heteroatoms. The first kappa shape index (κ1) is 11.7. The van der Waals surface area contributed by atoms with E-state index in [2.05, 4.69) is 6.07 Å². The Labute approximate surface area is 89.4 Å². The summed E-state index contributed by atoms with van der Waals surface area (Å²) in [7, 11) is 0. The molecule has 0 aromatic heterocycles. The minimum atomic E-state index is -4.16. The Hall–Kier alpha value is -0.350. The van der Waals surface area contributed by atoms with Crippen LogP contribution in [0.4, 0.5) is 13.2 Å². The summed E-state index contributed by atoms with van der Waals surface area (Å²) in [6.45, 7) is 0. The van der Waals surface area contributed by atoms with Gasteiger partial charge in [0.2, 0.25) is 0 Å². The molecule has 0 atom stereocenters. The highest BCUT2D eigenvalue weighted by Gasteiger charge is 2.27. The van der Waals surface area contributed by atoms with Gasteiger partial charge >= 0.3 is 5.51 Å². The van der Waals surface area contributed by atoms with Gasteiger partial charge in [-0.25, -0.2) is 0 Å². The van der Waals surface area contributed by atoms with Crippen molar-refractivity contribution in [1.82, 2.24) is 0 Å². The summed E-state index contributed by atoms with van der Waals surface area (Å²) in [6.07, 6.45) is 0.306. The van der Waals surface area contributed by atoms with Crippen LogP contribution in [0.3, 0.4) is 0 Å².